The number of alkyl carbamates (subject to hydrolysis) is 1. The lowest BCUT2D eigenvalue weighted by atomic mass is 9.99. The first kappa shape index (κ1) is 20.1. The first-order valence-electron chi connectivity index (χ1n) is 10.5. The van der Waals surface area contributed by atoms with Gasteiger partial charge < -0.3 is 10.1 Å². The minimum absolute atomic E-state index is 0.0534. The molecule has 1 amide bonds. The molecule has 2 aromatic carbocycles. The lowest BCUT2D eigenvalue weighted by molar-refractivity contribution is 0.0476. The van der Waals surface area contributed by atoms with E-state index < -0.39 is 0 Å². The zero-order valence-corrected chi connectivity index (χ0v) is 17.0. The zero-order chi connectivity index (χ0) is 20.6. The van der Waals surface area contributed by atoms with E-state index in [0.29, 0.717) is 0 Å². The summed E-state index contributed by atoms with van der Waals surface area (Å²) >= 11 is 0. The summed E-state index contributed by atoms with van der Waals surface area (Å²) in [6.07, 6.45) is 4.97. The van der Waals surface area contributed by atoms with Gasteiger partial charge in [0.2, 0.25) is 0 Å². The Hall–Kier alpha value is -3.18. The van der Waals surface area contributed by atoms with E-state index in [1.165, 1.54) is 5.56 Å². The maximum atomic E-state index is 12.7. The van der Waals surface area contributed by atoms with Gasteiger partial charge in [-0.05, 0) is 35.6 Å². The number of likely N-dealkylation sites (tertiary alicyclic amines) is 1. The minimum atomic E-state index is -0.363. The van der Waals surface area contributed by atoms with Crippen LogP contribution in [0.3, 0.4) is 0 Å². The molecule has 0 atom stereocenters. The molecule has 5 heteroatoms. The first-order valence-corrected chi connectivity index (χ1v) is 10.5. The molecule has 0 bridgehead atoms. The molecule has 1 aromatic heterocycles. The monoisotopic (exact) mass is 401 g/mol. The van der Waals surface area contributed by atoms with Gasteiger partial charge in [-0.25, -0.2) is 4.79 Å². The van der Waals surface area contributed by atoms with Crippen LogP contribution >= 0.6 is 0 Å². The van der Waals surface area contributed by atoms with E-state index in [-0.39, 0.29) is 18.2 Å². The van der Waals surface area contributed by atoms with Gasteiger partial charge in [-0.15, -0.1) is 0 Å². The van der Waals surface area contributed by atoms with Crippen LogP contribution in [0, 0.1) is 0 Å². The Morgan fingerprint density at radius 2 is 1.60 bits per heavy atom. The van der Waals surface area contributed by atoms with Crippen molar-refractivity contribution < 1.29 is 9.53 Å². The van der Waals surface area contributed by atoms with Gasteiger partial charge in [0.25, 0.3) is 0 Å². The molecule has 1 aliphatic rings. The van der Waals surface area contributed by atoms with E-state index >= 15 is 0 Å². The van der Waals surface area contributed by atoms with Crippen LogP contribution in [0.1, 0.15) is 35.6 Å². The van der Waals surface area contributed by atoms with Crippen molar-refractivity contribution in [1.82, 2.24) is 15.2 Å². The smallest absolute Gasteiger partial charge is 0.408 e. The van der Waals surface area contributed by atoms with Crippen LogP contribution in [0.15, 0.2) is 85.2 Å². The maximum absolute atomic E-state index is 12.7. The number of ether oxygens (including phenoxy) is 1. The van der Waals surface area contributed by atoms with Crippen molar-refractivity contribution in [3.63, 3.8) is 0 Å². The highest BCUT2D eigenvalue weighted by Gasteiger charge is 2.24. The van der Waals surface area contributed by atoms with Gasteiger partial charge in [-0.2, -0.15) is 0 Å². The van der Waals surface area contributed by atoms with E-state index in [9.17, 15) is 4.79 Å². The summed E-state index contributed by atoms with van der Waals surface area (Å²) in [5.74, 6) is 0. The molecule has 30 heavy (non-hydrogen) atoms. The van der Waals surface area contributed by atoms with Crippen LogP contribution in [-0.2, 0) is 11.3 Å². The Bertz CT molecular complexity index is 871. The van der Waals surface area contributed by atoms with Crippen LogP contribution in [0.2, 0.25) is 0 Å². The van der Waals surface area contributed by atoms with Gasteiger partial charge in [0.15, 0.2) is 0 Å². The molecule has 0 aliphatic carbocycles. The standard InChI is InChI=1S/C25H27N3O2/c29-25(27-24(21-9-3-1-4-10-21)22-11-5-2-6-12-22)30-23-13-16-28(17-14-23)19-20-8-7-15-26-18-20/h1-12,15,18,23-24H,13-14,16-17,19H2,(H,27,29). The number of nitrogens with one attached hydrogen (secondary N) is 1. The number of carbonyl (C=O) groups is 1. The number of benzene rings is 2. The number of pyridine rings is 1. The van der Waals surface area contributed by atoms with E-state index in [2.05, 4.69) is 21.3 Å². The molecule has 0 unspecified atom stereocenters. The summed E-state index contributed by atoms with van der Waals surface area (Å²) in [6.45, 7) is 2.71. The molecule has 0 spiro atoms. The highest BCUT2D eigenvalue weighted by molar-refractivity contribution is 5.69. The molecule has 4 rings (SSSR count). The fourth-order valence-corrected chi connectivity index (χ4v) is 3.89. The van der Waals surface area contributed by atoms with Crippen LogP contribution in [-0.4, -0.2) is 35.2 Å². The van der Waals surface area contributed by atoms with E-state index in [0.717, 1.165) is 43.6 Å². The minimum Gasteiger partial charge on any atom is -0.446 e. The molecule has 3 aromatic rings. The van der Waals surface area contributed by atoms with Crippen LogP contribution in [0.4, 0.5) is 4.79 Å². The Balaban J connectivity index is 1.32. The molecule has 1 saturated heterocycles. The Kier molecular flexibility index (Phi) is 6.72. The number of hydrogen-bond donors (Lipinski definition) is 1. The molecule has 1 N–H and O–H groups in total. The van der Waals surface area contributed by atoms with Gasteiger partial charge in [-0.3, -0.25) is 9.88 Å². The molecular formula is C25H27N3O2. The Morgan fingerprint density at radius 1 is 0.967 bits per heavy atom. The van der Waals surface area contributed by atoms with Crippen LogP contribution < -0.4 is 5.32 Å². The SMILES string of the molecule is O=C(NC(c1ccccc1)c1ccccc1)OC1CCN(Cc2cccnc2)CC1. The van der Waals surface area contributed by atoms with Gasteiger partial charge in [0.1, 0.15) is 6.10 Å². The first-order chi connectivity index (χ1) is 14.8. The van der Waals surface area contributed by atoms with Gasteiger partial charge >= 0.3 is 6.09 Å². The summed E-state index contributed by atoms with van der Waals surface area (Å²) in [7, 11) is 0. The Labute approximate surface area is 177 Å². The van der Waals surface area contributed by atoms with Crippen molar-refractivity contribution >= 4 is 6.09 Å². The van der Waals surface area contributed by atoms with Crippen LogP contribution in [0.25, 0.3) is 0 Å². The summed E-state index contributed by atoms with van der Waals surface area (Å²) in [4.78, 5) is 19.2. The molecule has 0 radical (unpaired) electrons. The number of nitrogens with zero attached hydrogens (tertiary/aromatic N) is 2. The predicted octanol–water partition coefficient (Wildman–Crippen LogP) is 4.56. The third-order valence-electron chi connectivity index (χ3n) is 5.47. The molecule has 5 nitrogen and oxygen atoms in total. The third-order valence-corrected chi connectivity index (χ3v) is 5.47. The number of amides is 1. The average molecular weight is 402 g/mol. The maximum Gasteiger partial charge on any atom is 0.408 e. The van der Waals surface area contributed by atoms with Crippen LogP contribution in [0.5, 0.6) is 0 Å². The lowest BCUT2D eigenvalue weighted by Gasteiger charge is -2.32. The van der Waals surface area contributed by atoms with Crippen molar-refractivity contribution in [1.29, 1.82) is 0 Å². The van der Waals surface area contributed by atoms with E-state index in [1.54, 1.807) is 6.20 Å². The largest absolute Gasteiger partial charge is 0.446 e. The third kappa shape index (κ3) is 5.45. The molecule has 2 heterocycles. The quantitative estimate of drug-likeness (QED) is 0.658. The fourth-order valence-electron chi connectivity index (χ4n) is 3.89. The number of carbonyl (C=O) groups excluding carboxylic acids is 1. The van der Waals surface area contributed by atoms with Crippen molar-refractivity contribution in [2.24, 2.45) is 0 Å². The summed E-state index contributed by atoms with van der Waals surface area (Å²) in [6, 6.07) is 23.8. The van der Waals surface area contributed by atoms with Gasteiger partial charge in [-0.1, -0.05) is 66.7 Å². The lowest BCUT2D eigenvalue weighted by Crippen LogP contribution is -2.40. The van der Waals surface area contributed by atoms with Crippen molar-refractivity contribution in [2.75, 3.05) is 13.1 Å². The zero-order valence-electron chi connectivity index (χ0n) is 17.0. The number of rotatable bonds is 6. The molecule has 1 aliphatic heterocycles. The summed E-state index contributed by atoms with van der Waals surface area (Å²) in [5, 5.41) is 3.06. The summed E-state index contributed by atoms with van der Waals surface area (Å²) < 4.78 is 5.77. The highest BCUT2D eigenvalue weighted by atomic mass is 16.6. The predicted molar refractivity (Wildman–Crippen MR) is 117 cm³/mol. The second-order valence-corrected chi connectivity index (χ2v) is 7.64. The van der Waals surface area contributed by atoms with Crippen molar-refractivity contribution in [3.05, 3.63) is 102 Å². The fraction of sp³-hybridized carbons (Fsp3) is 0.280. The van der Waals surface area contributed by atoms with E-state index in [4.69, 9.17) is 4.74 Å². The normalized spacial score (nSPS) is 15.1. The van der Waals surface area contributed by atoms with Crippen molar-refractivity contribution in [3.8, 4) is 0 Å². The molecular weight excluding hydrogens is 374 g/mol. The Morgan fingerprint density at radius 3 is 2.17 bits per heavy atom. The van der Waals surface area contributed by atoms with Crippen molar-refractivity contribution in [2.45, 2.75) is 31.5 Å². The summed E-state index contributed by atoms with van der Waals surface area (Å²) in [5.41, 5.74) is 3.28. The van der Waals surface area contributed by atoms with E-state index in [1.807, 2.05) is 72.9 Å². The second-order valence-electron chi connectivity index (χ2n) is 7.64. The number of aromatic nitrogens is 1. The topological polar surface area (TPSA) is 54.5 Å². The van der Waals surface area contributed by atoms with Gasteiger partial charge in [0.05, 0.1) is 6.04 Å². The highest BCUT2D eigenvalue weighted by Crippen LogP contribution is 2.23. The second kappa shape index (κ2) is 10.0. The average Bonchev–Trinajstić information content (AvgIpc) is 2.81. The number of hydrogen-bond acceptors (Lipinski definition) is 4. The van der Waals surface area contributed by atoms with Gasteiger partial charge in [0, 0.05) is 32.0 Å². The molecule has 154 valence electrons. The molecule has 0 saturated carbocycles. The molecule has 1 fully saturated rings. The number of piperidine rings is 1.